The van der Waals surface area contributed by atoms with Crippen molar-refractivity contribution in [2.24, 2.45) is 0 Å². The van der Waals surface area contributed by atoms with E-state index in [9.17, 15) is 0 Å². The first-order chi connectivity index (χ1) is 10.7. The third-order valence-electron chi connectivity index (χ3n) is 6.60. The van der Waals surface area contributed by atoms with Gasteiger partial charge in [0.05, 0.1) is 0 Å². The Bertz CT molecular complexity index is 412. The van der Waals surface area contributed by atoms with Crippen molar-refractivity contribution in [3.05, 3.63) is 0 Å². The van der Waals surface area contributed by atoms with Crippen molar-refractivity contribution in [2.75, 3.05) is 40.3 Å². The van der Waals surface area contributed by atoms with Crippen LogP contribution in [0.25, 0.3) is 0 Å². The van der Waals surface area contributed by atoms with Gasteiger partial charge in [-0.25, -0.2) is 0 Å². The summed E-state index contributed by atoms with van der Waals surface area (Å²) in [6.45, 7) is 16.8. The molecular formula is C20H42N4. The van der Waals surface area contributed by atoms with Gasteiger partial charge in [0, 0.05) is 61.9 Å². The van der Waals surface area contributed by atoms with E-state index in [-0.39, 0.29) is 7.43 Å². The minimum absolute atomic E-state index is 0. The van der Waals surface area contributed by atoms with Crippen LogP contribution in [0, 0.1) is 0 Å². The number of nitrogens with zero attached hydrogens (tertiary/aromatic N) is 4. The molecule has 0 radical (unpaired) electrons. The molecule has 4 fully saturated rings. The minimum Gasteiger partial charge on any atom is -0.301 e. The van der Waals surface area contributed by atoms with E-state index in [4.69, 9.17) is 0 Å². The van der Waals surface area contributed by atoms with E-state index in [1.54, 1.807) is 0 Å². The molecule has 4 nitrogen and oxygen atoms in total. The van der Waals surface area contributed by atoms with Crippen molar-refractivity contribution in [2.45, 2.75) is 90.6 Å². The maximum absolute atomic E-state index is 2.66. The van der Waals surface area contributed by atoms with Crippen molar-refractivity contribution >= 4 is 0 Å². The molecule has 24 heavy (non-hydrogen) atoms. The topological polar surface area (TPSA) is 13.0 Å². The molecule has 0 spiro atoms. The minimum atomic E-state index is 0. The fourth-order valence-corrected chi connectivity index (χ4v) is 5.22. The van der Waals surface area contributed by atoms with Gasteiger partial charge in [0.15, 0.2) is 0 Å². The summed E-state index contributed by atoms with van der Waals surface area (Å²) in [5.74, 6) is 0. The zero-order valence-electron chi connectivity index (χ0n) is 16.4. The van der Waals surface area contributed by atoms with E-state index in [2.05, 4.69) is 68.3 Å². The van der Waals surface area contributed by atoms with Crippen LogP contribution in [-0.4, -0.2) is 95.6 Å². The van der Waals surface area contributed by atoms with E-state index >= 15 is 0 Å². The molecule has 4 heterocycles. The molecule has 0 aromatic carbocycles. The Labute approximate surface area is 151 Å². The van der Waals surface area contributed by atoms with Gasteiger partial charge in [0.2, 0.25) is 0 Å². The predicted octanol–water partition coefficient (Wildman–Crippen LogP) is 2.59. The van der Waals surface area contributed by atoms with Crippen molar-refractivity contribution in [1.82, 2.24) is 19.6 Å². The molecule has 4 aliphatic heterocycles. The quantitative estimate of drug-likeness (QED) is 0.728. The molecule has 4 bridgehead atoms. The lowest BCUT2D eigenvalue weighted by atomic mass is 10.0. The van der Waals surface area contributed by atoms with E-state index in [1.165, 1.54) is 39.0 Å². The average Bonchev–Trinajstić information content (AvgIpc) is 3.15. The van der Waals surface area contributed by atoms with Crippen LogP contribution >= 0.6 is 0 Å². The first-order valence-corrected chi connectivity index (χ1v) is 9.59. The standard InChI is InChI=1S/C10H20N2.C9H18N2.CH4/c1-10(2,3)12-7-8-5-9(12)6-11(8)4;1-7(2)11-6-8-4-9(11)5-10(8)3;/h8-9H,5-7H2,1-4H3;7-9H,4-6H2,1-3H3;1H4/t2*8-,9-;/m00./s1. The third-order valence-corrected chi connectivity index (χ3v) is 6.60. The highest BCUT2D eigenvalue weighted by Gasteiger charge is 2.45. The van der Waals surface area contributed by atoms with Crippen LogP contribution in [0.15, 0.2) is 0 Å². The number of hydrogen-bond donors (Lipinski definition) is 0. The van der Waals surface area contributed by atoms with Crippen LogP contribution in [0.2, 0.25) is 0 Å². The van der Waals surface area contributed by atoms with Crippen LogP contribution in [0.3, 0.4) is 0 Å². The van der Waals surface area contributed by atoms with E-state index in [0.717, 1.165) is 30.2 Å². The van der Waals surface area contributed by atoms with E-state index in [1.807, 2.05) is 0 Å². The van der Waals surface area contributed by atoms with Crippen molar-refractivity contribution < 1.29 is 0 Å². The Balaban J connectivity index is 0.000000167. The van der Waals surface area contributed by atoms with Gasteiger partial charge in [0.25, 0.3) is 0 Å². The second-order valence-corrected chi connectivity index (χ2v) is 9.58. The summed E-state index contributed by atoms with van der Waals surface area (Å²) in [6, 6.07) is 4.15. The maximum Gasteiger partial charge on any atom is 0.0244 e. The highest BCUT2D eigenvalue weighted by molar-refractivity contribution is 5.02. The van der Waals surface area contributed by atoms with Crippen molar-refractivity contribution in [3.8, 4) is 0 Å². The summed E-state index contributed by atoms with van der Waals surface area (Å²) in [6.07, 6.45) is 2.81. The Hall–Kier alpha value is -0.160. The SMILES string of the molecule is C.CC(C)N1C[C@@H]2C[C@H]1CN2C.CN1C[C@@H]2C[C@H]1CN2C(C)(C)C. The van der Waals surface area contributed by atoms with Gasteiger partial charge < -0.3 is 9.80 Å². The van der Waals surface area contributed by atoms with E-state index < -0.39 is 0 Å². The van der Waals surface area contributed by atoms with Gasteiger partial charge in [-0.2, -0.15) is 0 Å². The molecule has 0 aromatic heterocycles. The third kappa shape index (κ3) is 3.82. The summed E-state index contributed by atoms with van der Waals surface area (Å²) in [5, 5.41) is 0. The number of likely N-dealkylation sites (tertiary alicyclic amines) is 4. The Kier molecular flexibility index (Phi) is 6.06. The first-order valence-electron chi connectivity index (χ1n) is 9.59. The van der Waals surface area contributed by atoms with E-state index in [0.29, 0.717) is 5.54 Å². The summed E-state index contributed by atoms with van der Waals surface area (Å²) in [4.78, 5) is 10.3. The fourth-order valence-electron chi connectivity index (χ4n) is 5.22. The van der Waals surface area contributed by atoms with Crippen LogP contribution < -0.4 is 0 Å². The molecule has 4 atom stereocenters. The zero-order valence-corrected chi connectivity index (χ0v) is 16.4. The average molecular weight is 339 g/mol. The number of likely N-dealkylation sites (N-methyl/N-ethyl adjacent to an activating group) is 2. The number of hydrogen-bond acceptors (Lipinski definition) is 4. The largest absolute Gasteiger partial charge is 0.301 e. The number of fused-ring (bicyclic) bond motifs is 4. The lowest BCUT2D eigenvalue weighted by Crippen LogP contribution is -2.52. The molecule has 4 heteroatoms. The van der Waals surface area contributed by atoms with Crippen molar-refractivity contribution in [1.29, 1.82) is 0 Å². The lowest BCUT2D eigenvalue weighted by molar-refractivity contribution is 0.0677. The highest BCUT2D eigenvalue weighted by Crippen LogP contribution is 2.34. The molecule has 0 N–H and O–H groups in total. The molecular weight excluding hydrogens is 296 g/mol. The molecule has 0 unspecified atom stereocenters. The van der Waals surface area contributed by atoms with Gasteiger partial charge >= 0.3 is 0 Å². The Morgan fingerprint density at radius 2 is 1.25 bits per heavy atom. The Morgan fingerprint density at radius 1 is 0.750 bits per heavy atom. The summed E-state index contributed by atoms with van der Waals surface area (Å²) >= 11 is 0. The first kappa shape index (κ1) is 20.2. The van der Waals surface area contributed by atoms with Crippen LogP contribution in [0.1, 0.15) is 54.9 Å². The molecule has 4 aliphatic rings. The molecule has 4 saturated heterocycles. The van der Waals surface area contributed by atoms with Gasteiger partial charge in [-0.3, -0.25) is 9.80 Å². The fraction of sp³-hybridized carbons (Fsp3) is 1.00. The normalized spacial score (nSPS) is 37.0. The van der Waals surface area contributed by atoms with Crippen molar-refractivity contribution in [3.63, 3.8) is 0 Å². The smallest absolute Gasteiger partial charge is 0.0244 e. The monoisotopic (exact) mass is 338 g/mol. The molecule has 142 valence electrons. The summed E-state index contributed by atoms with van der Waals surface area (Å²) < 4.78 is 0. The second-order valence-electron chi connectivity index (χ2n) is 9.58. The highest BCUT2D eigenvalue weighted by atomic mass is 15.4. The molecule has 0 aliphatic carbocycles. The molecule has 0 amide bonds. The van der Waals surface area contributed by atoms with Gasteiger partial charge in [0.1, 0.15) is 0 Å². The number of rotatable bonds is 1. The molecule has 4 rings (SSSR count). The van der Waals surface area contributed by atoms with Crippen LogP contribution in [0.5, 0.6) is 0 Å². The second kappa shape index (κ2) is 7.22. The van der Waals surface area contributed by atoms with Gasteiger partial charge in [-0.15, -0.1) is 0 Å². The lowest BCUT2D eigenvalue weighted by Gasteiger charge is -2.41. The molecule has 0 aromatic rings. The van der Waals surface area contributed by atoms with Crippen LogP contribution in [-0.2, 0) is 0 Å². The van der Waals surface area contributed by atoms with Crippen LogP contribution in [0.4, 0.5) is 0 Å². The van der Waals surface area contributed by atoms with Gasteiger partial charge in [-0.05, 0) is 61.6 Å². The maximum atomic E-state index is 2.66. The predicted molar refractivity (Wildman–Crippen MR) is 105 cm³/mol. The summed E-state index contributed by atoms with van der Waals surface area (Å²) in [5.41, 5.74) is 0.376. The zero-order chi connectivity index (χ0) is 16.9. The number of piperazine rings is 2. The summed E-state index contributed by atoms with van der Waals surface area (Å²) in [7, 11) is 4.51. The molecule has 0 saturated carbocycles. The Morgan fingerprint density at radius 3 is 1.54 bits per heavy atom. The van der Waals surface area contributed by atoms with Gasteiger partial charge in [-0.1, -0.05) is 7.43 Å².